The molecule has 1 atom stereocenters. The maximum absolute atomic E-state index is 12.7. The SMILES string of the molecule is CCCNC(=O)CN(C)[C@H](C)c1nc2scc(-c3cccs3)c2c(=O)[nH]1. The Balaban J connectivity index is 1.85. The van der Waals surface area contributed by atoms with E-state index in [0.717, 1.165) is 21.7 Å². The van der Waals surface area contributed by atoms with Crippen molar-refractivity contribution >= 4 is 38.8 Å². The Morgan fingerprint density at radius 3 is 2.92 bits per heavy atom. The van der Waals surface area contributed by atoms with Crippen molar-refractivity contribution in [3.05, 3.63) is 39.1 Å². The van der Waals surface area contributed by atoms with Gasteiger partial charge in [-0.3, -0.25) is 14.5 Å². The van der Waals surface area contributed by atoms with Gasteiger partial charge in [0.15, 0.2) is 0 Å². The number of thiophene rings is 2. The molecule has 0 saturated heterocycles. The zero-order chi connectivity index (χ0) is 18.7. The first-order chi connectivity index (χ1) is 12.5. The molecule has 0 aliphatic heterocycles. The van der Waals surface area contributed by atoms with Crippen molar-refractivity contribution in [3.63, 3.8) is 0 Å². The number of fused-ring (bicyclic) bond motifs is 1. The van der Waals surface area contributed by atoms with Gasteiger partial charge in [-0.25, -0.2) is 4.98 Å². The van der Waals surface area contributed by atoms with Crippen molar-refractivity contribution in [1.82, 2.24) is 20.2 Å². The van der Waals surface area contributed by atoms with Crippen LogP contribution in [0.3, 0.4) is 0 Å². The summed E-state index contributed by atoms with van der Waals surface area (Å²) in [4.78, 5) is 35.8. The fourth-order valence-corrected chi connectivity index (χ4v) is 4.44. The summed E-state index contributed by atoms with van der Waals surface area (Å²) in [6, 6.07) is 3.80. The summed E-state index contributed by atoms with van der Waals surface area (Å²) in [5.74, 6) is 0.550. The zero-order valence-electron chi connectivity index (χ0n) is 15.0. The average molecular weight is 391 g/mol. The number of carbonyl (C=O) groups is 1. The second-order valence-electron chi connectivity index (χ2n) is 6.20. The molecule has 0 bridgehead atoms. The smallest absolute Gasteiger partial charge is 0.260 e. The molecule has 26 heavy (non-hydrogen) atoms. The number of amides is 1. The normalized spacial score (nSPS) is 12.6. The molecule has 0 radical (unpaired) electrons. The number of carbonyl (C=O) groups excluding carboxylic acids is 1. The fourth-order valence-electron chi connectivity index (χ4n) is 2.67. The summed E-state index contributed by atoms with van der Waals surface area (Å²) in [7, 11) is 1.85. The van der Waals surface area contributed by atoms with Gasteiger partial charge in [-0.2, -0.15) is 0 Å². The van der Waals surface area contributed by atoms with Gasteiger partial charge < -0.3 is 10.3 Å². The van der Waals surface area contributed by atoms with E-state index in [2.05, 4.69) is 15.3 Å². The van der Waals surface area contributed by atoms with Crippen LogP contribution in [-0.4, -0.2) is 40.9 Å². The number of hydrogen-bond acceptors (Lipinski definition) is 6. The molecule has 3 heterocycles. The van der Waals surface area contributed by atoms with E-state index in [1.54, 1.807) is 11.3 Å². The molecule has 0 aliphatic carbocycles. The van der Waals surface area contributed by atoms with Gasteiger partial charge >= 0.3 is 0 Å². The third kappa shape index (κ3) is 3.87. The van der Waals surface area contributed by atoms with Gasteiger partial charge in [0.1, 0.15) is 10.7 Å². The van der Waals surface area contributed by atoms with Crippen molar-refractivity contribution in [1.29, 1.82) is 0 Å². The molecule has 0 aliphatic rings. The Bertz CT molecular complexity index is 946. The van der Waals surface area contributed by atoms with E-state index < -0.39 is 0 Å². The first-order valence-electron chi connectivity index (χ1n) is 8.53. The maximum Gasteiger partial charge on any atom is 0.260 e. The number of nitrogens with zero attached hydrogens (tertiary/aromatic N) is 2. The molecule has 138 valence electrons. The Morgan fingerprint density at radius 2 is 2.23 bits per heavy atom. The van der Waals surface area contributed by atoms with Crippen molar-refractivity contribution in [3.8, 4) is 10.4 Å². The zero-order valence-corrected chi connectivity index (χ0v) is 16.7. The molecule has 6 nitrogen and oxygen atoms in total. The van der Waals surface area contributed by atoms with E-state index in [9.17, 15) is 9.59 Å². The van der Waals surface area contributed by atoms with Crippen LogP contribution in [-0.2, 0) is 4.79 Å². The summed E-state index contributed by atoms with van der Waals surface area (Å²) in [5, 5.41) is 7.47. The number of likely N-dealkylation sites (N-methyl/N-ethyl adjacent to an activating group) is 1. The first-order valence-corrected chi connectivity index (χ1v) is 10.3. The summed E-state index contributed by atoms with van der Waals surface area (Å²) in [5.41, 5.74) is 0.797. The number of aromatic nitrogens is 2. The van der Waals surface area contributed by atoms with Crippen LogP contribution in [0.1, 0.15) is 32.1 Å². The minimum absolute atomic E-state index is 0.0271. The molecule has 3 aromatic heterocycles. The number of hydrogen-bond donors (Lipinski definition) is 2. The van der Waals surface area contributed by atoms with Crippen molar-refractivity contribution in [2.24, 2.45) is 0 Å². The highest BCUT2D eigenvalue weighted by Crippen LogP contribution is 2.33. The Hall–Kier alpha value is -2.03. The molecule has 1 amide bonds. The van der Waals surface area contributed by atoms with Crippen LogP contribution in [0, 0.1) is 0 Å². The lowest BCUT2D eigenvalue weighted by molar-refractivity contribution is -0.122. The number of aromatic amines is 1. The van der Waals surface area contributed by atoms with Gasteiger partial charge in [0.05, 0.1) is 18.0 Å². The number of rotatable bonds is 7. The molecule has 0 fully saturated rings. The maximum atomic E-state index is 12.7. The van der Waals surface area contributed by atoms with Crippen molar-refractivity contribution < 1.29 is 4.79 Å². The molecule has 0 spiro atoms. The van der Waals surface area contributed by atoms with Crippen LogP contribution >= 0.6 is 22.7 Å². The summed E-state index contributed by atoms with van der Waals surface area (Å²) in [6.45, 7) is 4.88. The molecule has 0 aromatic carbocycles. The predicted molar refractivity (Wildman–Crippen MR) is 108 cm³/mol. The molecule has 0 unspecified atom stereocenters. The molecule has 3 rings (SSSR count). The standard InChI is InChI=1S/C18H22N4O2S2/c1-4-7-19-14(23)9-22(3)11(2)16-20-17(24)15-12(10-26-18(15)21-16)13-6-5-8-25-13/h5-6,8,10-11H,4,7,9H2,1-3H3,(H,19,23)(H,20,21,24)/t11-/m1/s1. The third-order valence-electron chi connectivity index (χ3n) is 4.27. The number of H-pyrrole nitrogens is 1. The van der Waals surface area contributed by atoms with Gasteiger partial charge in [-0.1, -0.05) is 13.0 Å². The third-order valence-corrected chi connectivity index (χ3v) is 6.05. The fraction of sp³-hybridized carbons (Fsp3) is 0.389. The lowest BCUT2D eigenvalue weighted by atomic mass is 10.2. The van der Waals surface area contributed by atoms with Gasteiger partial charge in [0.2, 0.25) is 5.91 Å². The van der Waals surface area contributed by atoms with E-state index >= 15 is 0 Å². The average Bonchev–Trinajstić information content (AvgIpc) is 3.28. The Labute approximate surface area is 159 Å². The second-order valence-corrected chi connectivity index (χ2v) is 8.00. The summed E-state index contributed by atoms with van der Waals surface area (Å²) < 4.78 is 0. The Morgan fingerprint density at radius 1 is 1.42 bits per heavy atom. The van der Waals surface area contributed by atoms with Gasteiger partial charge in [0, 0.05) is 22.4 Å². The van der Waals surface area contributed by atoms with Gasteiger partial charge in [-0.05, 0) is 31.8 Å². The molecule has 0 saturated carbocycles. The first kappa shape index (κ1) is 18.8. The van der Waals surface area contributed by atoms with E-state index in [4.69, 9.17) is 0 Å². The highest BCUT2D eigenvalue weighted by atomic mass is 32.1. The highest BCUT2D eigenvalue weighted by molar-refractivity contribution is 7.18. The van der Waals surface area contributed by atoms with Crippen LogP contribution in [0.5, 0.6) is 0 Å². The largest absolute Gasteiger partial charge is 0.355 e. The predicted octanol–water partition coefficient (Wildman–Crippen LogP) is 3.23. The van der Waals surface area contributed by atoms with Gasteiger partial charge in [0.25, 0.3) is 5.56 Å². The van der Waals surface area contributed by atoms with E-state index in [-0.39, 0.29) is 24.1 Å². The topological polar surface area (TPSA) is 78.1 Å². The van der Waals surface area contributed by atoms with Crippen LogP contribution in [0.4, 0.5) is 0 Å². The lowest BCUT2D eigenvalue weighted by Crippen LogP contribution is -2.37. The van der Waals surface area contributed by atoms with E-state index in [1.165, 1.54) is 11.3 Å². The minimum Gasteiger partial charge on any atom is -0.355 e. The number of nitrogens with one attached hydrogen (secondary N) is 2. The molecule has 8 heteroatoms. The monoisotopic (exact) mass is 390 g/mol. The van der Waals surface area contributed by atoms with Crippen LogP contribution in [0.15, 0.2) is 27.7 Å². The van der Waals surface area contributed by atoms with Crippen LogP contribution in [0.25, 0.3) is 20.7 Å². The second kappa shape index (κ2) is 8.11. The van der Waals surface area contributed by atoms with Crippen LogP contribution in [0.2, 0.25) is 0 Å². The van der Waals surface area contributed by atoms with E-state index in [0.29, 0.717) is 17.8 Å². The highest BCUT2D eigenvalue weighted by Gasteiger charge is 2.20. The van der Waals surface area contributed by atoms with E-state index in [1.807, 2.05) is 48.7 Å². The van der Waals surface area contributed by atoms with Crippen molar-refractivity contribution in [2.75, 3.05) is 20.1 Å². The van der Waals surface area contributed by atoms with Crippen LogP contribution < -0.4 is 10.9 Å². The van der Waals surface area contributed by atoms with Crippen molar-refractivity contribution in [2.45, 2.75) is 26.3 Å². The molecular weight excluding hydrogens is 368 g/mol. The van der Waals surface area contributed by atoms with Gasteiger partial charge in [-0.15, -0.1) is 22.7 Å². The quantitative estimate of drug-likeness (QED) is 0.649. The minimum atomic E-state index is -0.174. The lowest BCUT2D eigenvalue weighted by Gasteiger charge is -2.23. The summed E-state index contributed by atoms with van der Waals surface area (Å²) >= 11 is 3.08. The molecule has 2 N–H and O–H groups in total. The molecule has 3 aromatic rings. The Kier molecular flexibility index (Phi) is 5.85. The molecular formula is C18H22N4O2S2. The summed E-state index contributed by atoms with van der Waals surface area (Å²) in [6.07, 6.45) is 0.904.